The number of nitrogen functional groups attached to an aromatic ring is 1. The Kier molecular flexibility index (Phi) is 6.42. The smallest absolute Gasteiger partial charge is 0.228 e. The van der Waals surface area contributed by atoms with Crippen molar-refractivity contribution in [3.8, 4) is 11.5 Å². The lowest BCUT2D eigenvalue weighted by atomic mass is 10.1. The Morgan fingerprint density at radius 2 is 1.36 bits per heavy atom. The summed E-state index contributed by atoms with van der Waals surface area (Å²) < 4.78 is 0. The molecule has 0 radical (unpaired) electrons. The average Bonchev–Trinajstić information content (AvgIpc) is 2.61. The number of phenols is 2. The second-order valence-electron chi connectivity index (χ2n) is 5.29. The molecule has 0 aliphatic rings. The van der Waals surface area contributed by atoms with Crippen LogP contribution in [0.15, 0.2) is 78.9 Å². The molecule has 128 valence electrons. The lowest BCUT2D eigenvalue weighted by molar-refractivity contribution is -0.115. The number of nitrogens with one attached hydrogen (secondary N) is 1. The lowest BCUT2D eigenvalue weighted by Gasteiger charge is -2.06. The van der Waals surface area contributed by atoms with E-state index in [-0.39, 0.29) is 17.4 Å². The van der Waals surface area contributed by atoms with Crippen LogP contribution in [0.2, 0.25) is 0 Å². The molecule has 3 rings (SSSR count). The molecule has 1 amide bonds. The topological polar surface area (TPSA) is 95.6 Å². The summed E-state index contributed by atoms with van der Waals surface area (Å²) in [6, 6.07) is 22.9. The molecule has 3 aromatic rings. The summed E-state index contributed by atoms with van der Waals surface area (Å²) in [6.07, 6.45) is 0.301. The normalized spacial score (nSPS) is 9.60. The van der Waals surface area contributed by atoms with Crippen LogP contribution < -0.4 is 11.1 Å². The fourth-order valence-corrected chi connectivity index (χ4v) is 2.04. The SMILES string of the molecule is Nc1ccccc1O.O=C(Cc1ccccc1)Nc1ccccc1O. The molecule has 0 aliphatic carbocycles. The van der Waals surface area contributed by atoms with Crippen LogP contribution >= 0.6 is 0 Å². The zero-order valence-corrected chi connectivity index (χ0v) is 13.6. The number of anilines is 2. The van der Waals surface area contributed by atoms with Crippen molar-refractivity contribution in [3.63, 3.8) is 0 Å². The van der Waals surface area contributed by atoms with Gasteiger partial charge in [-0.3, -0.25) is 4.79 Å². The summed E-state index contributed by atoms with van der Waals surface area (Å²) in [5, 5.41) is 21.0. The molecule has 3 aromatic carbocycles. The first-order valence-corrected chi connectivity index (χ1v) is 7.71. The zero-order chi connectivity index (χ0) is 18.1. The molecule has 0 heterocycles. The molecule has 5 heteroatoms. The number of carbonyl (C=O) groups is 1. The first-order chi connectivity index (χ1) is 12.1. The van der Waals surface area contributed by atoms with Gasteiger partial charge >= 0.3 is 0 Å². The molecule has 0 bridgehead atoms. The summed E-state index contributed by atoms with van der Waals surface area (Å²) in [5.74, 6) is 0.0825. The van der Waals surface area contributed by atoms with Gasteiger partial charge in [0.2, 0.25) is 5.91 Å². The summed E-state index contributed by atoms with van der Waals surface area (Å²) in [7, 11) is 0. The minimum Gasteiger partial charge on any atom is -0.506 e. The first-order valence-electron chi connectivity index (χ1n) is 7.71. The number of amides is 1. The Bertz CT molecular complexity index is 799. The van der Waals surface area contributed by atoms with Gasteiger partial charge in [-0.2, -0.15) is 0 Å². The van der Waals surface area contributed by atoms with Crippen molar-refractivity contribution < 1.29 is 15.0 Å². The maximum Gasteiger partial charge on any atom is 0.228 e. The van der Waals surface area contributed by atoms with E-state index < -0.39 is 0 Å². The van der Waals surface area contributed by atoms with E-state index in [2.05, 4.69) is 5.32 Å². The summed E-state index contributed by atoms with van der Waals surface area (Å²) in [4.78, 5) is 11.7. The third-order valence-corrected chi connectivity index (χ3v) is 3.32. The molecular weight excluding hydrogens is 316 g/mol. The Labute approximate surface area is 146 Å². The monoisotopic (exact) mass is 336 g/mol. The van der Waals surface area contributed by atoms with E-state index in [1.807, 2.05) is 30.3 Å². The molecule has 0 atom stereocenters. The summed E-state index contributed by atoms with van der Waals surface area (Å²) in [5.41, 5.74) is 7.08. The van der Waals surface area contributed by atoms with Crippen LogP contribution in [0.4, 0.5) is 11.4 Å². The van der Waals surface area contributed by atoms with E-state index in [4.69, 9.17) is 10.8 Å². The number of para-hydroxylation sites is 4. The zero-order valence-electron chi connectivity index (χ0n) is 13.6. The van der Waals surface area contributed by atoms with Gasteiger partial charge in [0.1, 0.15) is 11.5 Å². The minimum atomic E-state index is -0.141. The van der Waals surface area contributed by atoms with Gasteiger partial charge < -0.3 is 21.3 Å². The van der Waals surface area contributed by atoms with Crippen LogP contribution in [0.25, 0.3) is 0 Å². The highest BCUT2D eigenvalue weighted by atomic mass is 16.3. The highest BCUT2D eigenvalue weighted by Gasteiger charge is 2.06. The molecule has 5 N–H and O–H groups in total. The molecule has 0 aromatic heterocycles. The van der Waals surface area contributed by atoms with E-state index >= 15 is 0 Å². The van der Waals surface area contributed by atoms with Crippen LogP contribution in [0.1, 0.15) is 5.56 Å². The first kappa shape index (κ1) is 17.9. The maximum absolute atomic E-state index is 11.7. The molecule has 25 heavy (non-hydrogen) atoms. The number of benzene rings is 3. The summed E-state index contributed by atoms with van der Waals surface area (Å²) >= 11 is 0. The van der Waals surface area contributed by atoms with Crippen molar-refractivity contribution in [1.29, 1.82) is 0 Å². The number of hydrogen-bond donors (Lipinski definition) is 4. The molecule has 0 fully saturated rings. The van der Waals surface area contributed by atoms with Gasteiger partial charge in [-0.15, -0.1) is 0 Å². The minimum absolute atomic E-state index is 0.0777. The van der Waals surface area contributed by atoms with Crippen LogP contribution in [0, 0.1) is 0 Å². The Morgan fingerprint density at radius 3 is 1.92 bits per heavy atom. The number of hydrogen-bond acceptors (Lipinski definition) is 4. The predicted molar refractivity (Wildman–Crippen MR) is 99.4 cm³/mol. The fourth-order valence-electron chi connectivity index (χ4n) is 2.04. The van der Waals surface area contributed by atoms with Gasteiger partial charge in [0, 0.05) is 0 Å². The van der Waals surface area contributed by atoms with Crippen molar-refractivity contribution in [1.82, 2.24) is 0 Å². The molecule has 5 nitrogen and oxygen atoms in total. The standard InChI is InChI=1S/C14H13NO2.C6H7NO/c16-13-9-5-4-8-12(13)15-14(17)10-11-6-2-1-3-7-11;7-5-3-1-2-4-6(5)8/h1-9,16H,10H2,(H,15,17);1-4,8H,7H2. The van der Waals surface area contributed by atoms with E-state index in [1.54, 1.807) is 42.5 Å². The van der Waals surface area contributed by atoms with Crippen LogP contribution in [-0.2, 0) is 11.2 Å². The fraction of sp³-hybridized carbons (Fsp3) is 0.0500. The number of aromatic hydroxyl groups is 2. The number of carbonyl (C=O) groups excluding carboxylic acids is 1. The molecule has 0 unspecified atom stereocenters. The molecule has 0 saturated heterocycles. The van der Waals surface area contributed by atoms with Gasteiger partial charge in [0.25, 0.3) is 0 Å². The van der Waals surface area contributed by atoms with Gasteiger partial charge in [-0.05, 0) is 29.8 Å². The van der Waals surface area contributed by atoms with E-state index in [9.17, 15) is 9.90 Å². The molecule has 0 saturated carbocycles. The molecule has 0 aliphatic heterocycles. The Balaban J connectivity index is 0.000000236. The van der Waals surface area contributed by atoms with Gasteiger partial charge in [-0.1, -0.05) is 54.6 Å². The van der Waals surface area contributed by atoms with Crippen molar-refractivity contribution in [2.24, 2.45) is 0 Å². The third-order valence-electron chi connectivity index (χ3n) is 3.32. The van der Waals surface area contributed by atoms with Crippen LogP contribution in [-0.4, -0.2) is 16.1 Å². The largest absolute Gasteiger partial charge is 0.506 e. The highest BCUT2D eigenvalue weighted by molar-refractivity contribution is 5.93. The third kappa shape index (κ3) is 5.91. The summed E-state index contributed by atoms with van der Waals surface area (Å²) in [6.45, 7) is 0. The molecule has 0 spiro atoms. The number of rotatable bonds is 3. The molecular formula is C20H20N2O3. The highest BCUT2D eigenvalue weighted by Crippen LogP contribution is 2.21. The quantitative estimate of drug-likeness (QED) is 0.434. The van der Waals surface area contributed by atoms with E-state index in [0.717, 1.165) is 5.56 Å². The second-order valence-corrected chi connectivity index (χ2v) is 5.29. The van der Waals surface area contributed by atoms with E-state index in [1.165, 1.54) is 6.07 Å². The predicted octanol–water partition coefficient (Wildman–Crippen LogP) is 3.55. The maximum atomic E-state index is 11.7. The Hall–Kier alpha value is -3.47. The van der Waals surface area contributed by atoms with Crippen molar-refractivity contribution >= 4 is 17.3 Å². The second kappa shape index (κ2) is 8.98. The average molecular weight is 336 g/mol. The number of phenolic OH excluding ortho intramolecular Hbond substituents is 2. The lowest BCUT2D eigenvalue weighted by Crippen LogP contribution is -2.14. The number of nitrogens with two attached hydrogens (primary N) is 1. The van der Waals surface area contributed by atoms with Crippen molar-refractivity contribution in [2.75, 3.05) is 11.1 Å². The van der Waals surface area contributed by atoms with E-state index in [0.29, 0.717) is 17.8 Å². The van der Waals surface area contributed by atoms with Crippen molar-refractivity contribution in [2.45, 2.75) is 6.42 Å². The van der Waals surface area contributed by atoms with Gasteiger partial charge in [-0.25, -0.2) is 0 Å². The van der Waals surface area contributed by atoms with Crippen LogP contribution in [0.3, 0.4) is 0 Å². The Morgan fingerprint density at radius 1 is 0.800 bits per heavy atom. The van der Waals surface area contributed by atoms with Crippen LogP contribution in [0.5, 0.6) is 11.5 Å². The van der Waals surface area contributed by atoms with Crippen molar-refractivity contribution in [3.05, 3.63) is 84.4 Å². The van der Waals surface area contributed by atoms with Gasteiger partial charge in [0.15, 0.2) is 0 Å². The van der Waals surface area contributed by atoms with Gasteiger partial charge in [0.05, 0.1) is 17.8 Å².